The van der Waals surface area contributed by atoms with Gasteiger partial charge in [-0.2, -0.15) is 5.10 Å². The fourth-order valence-electron chi connectivity index (χ4n) is 2.53. The number of halogens is 1. The van der Waals surface area contributed by atoms with Crippen LogP contribution in [-0.2, 0) is 11.3 Å². The summed E-state index contributed by atoms with van der Waals surface area (Å²) in [6.45, 7) is 6.87. The van der Waals surface area contributed by atoms with Crippen LogP contribution in [0.15, 0.2) is 30.6 Å². The molecule has 1 aliphatic rings. The number of ether oxygens (including phenoxy) is 1. The highest BCUT2D eigenvalue weighted by atomic mass is 19.1. The lowest BCUT2D eigenvalue weighted by molar-refractivity contribution is -0.00882. The topological polar surface area (TPSA) is 60.2 Å². The molecule has 1 amide bonds. The van der Waals surface area contributed by atoms with Crippen LogP contribution in [0.25, 0.3) is 11.4 Å². The van der Waals surface area contributed by atoms with Crippen LogP contribution >= 0.6 is 0 Å². The van der Waals surface area contributed by atoms with Gasteiger partial charge in [0.25, 0.3) is 0 Å². The maximum atomic E-state index is 12.9. The summed E-state index contributed by atoms with van der Waals surface area (Å²) in [5.74, 6) is -0.374. The monoisotopic (exact) mass is 332 g/mol. The first-order valence-electron chi connectivity index (χ1n) is 7.97. The highest BCUT2D eigenvalue weighted by Gasteiger charge is 2.35. The van der Waals surface area contributed by atoms with Crippen molar-refractivity contribution in [2.45, 2.75) is 45.4 Å². The third-order valence-corrected chi connectivity index (χ3v) is 3.80. The van der Waals surface area contributed by atoms with Crippen LogP contribution in [0, 0.1) is 5.82 Å². The lowest BCUT2D eigenvalue weighted by Crippen LogP contribution is -2.54. The van der Waals surface area contributed by atoms with Crippen molar-refractivity contribution in [3.8, 4) is 11.4 Å². The number of nitrogens with zero attached hydrogens (tertiary/aromatic N) is 4. The van der Waals surface area contributed by atoms with Gasteiger partial charge in [-0.1, -0.05) is 0 Å². The summed E-state index contributed by atoms with van der Waals surface area (Å²) in [4.78, 5) is 17.9. The number of carbonyl (C=O) groups excluding carboxylic acids is 1. The molecule has 6 nitrogen and oxygen atoms in total. The molecule has 1 atom stereocenters. The number of hydrogen-bond donors (Lipinski definition) is 0. The normalized spacial score (nSPS) is 17.5. The number of pyridine rings is 1. The molecule has 2 aromatic heterocycles. The zero-order valence-corrected chi connectivity index (χ0v) is 14.1. The Kier molecular flexibility index (Phi) is 4.26. The van der Waals surface area contributed by atoms with Gasteiger partial charge in [0.15, 0.2) is 0 Å². The highest BCUT2D eigenvalue weighted by molar-refractivity contribution is 5.69. The van der Waals surface area contributed by atoms with E-state index in [4.69, 9.17) is 4.74 Å². The number of likely N-dealkylation sites (tertiary alicyclic amines) is 1. The zero-order chi connectivity index (χ0) is 17.3. The van der Waals surface area contributed by atoms with Gasteiger partial charge in [-0.25, -0.2) is 9.18 Å². The molecule has 0 radical (unpaired) electrons. The van der Waals surface area contributed by atoms with E-state index in [1.807, 2.05) is 33.0 Å². The number of carbonyl (C=O) groups is 1. The predicted molar refractivity (Wildman–Crippen MR) is 86.8 cm³/mol. The fraction of sp³-hybridized carbons (Fsp3) is 0.471. The first-order valence-corrected chi connectivity index (χ1v) is 7.97. The minimum absolute atomic E-state index is 0.0776. The number of rotatable bonds is 3. The Balaban J connectivity index is 1.63. The van der Waals surface area contributed by atoms with Crippen LogP contribution in [0.2, 0.25) is 0 Å². The summed E-state index contributed by atoms with van der Waals surface area (Å²) in [6.07, 6.45) is 3.64. The fourth-order valence-corrected chi connectivity index (χ4v) is 2.53. The van der Waals surface area contributed by atoms with E-state index in [0.29, 0.717) is 24.5 Å². The Hall–Kier alpha value is -2.44. The third kappa shape index (κ3) is 3.72. The van der Waals surface area contributed by atoms with Crippen LogP contribution in [-0.4, -0.2) is 43.9 Å². The lowest BCUT2D eigenvalue weighted by Gasteiger charge is -2.41. The standard InChI is InChI=1S/C17H21FN4O2/c1-17(2,3)24-16(23)22-9-6-13(22)11-21-8-7-15(20-21)14-5-4-12(18)10-19-14/h4-5,7-8,10,13H,6,9,11H2,1-3H3/t13-/m0/s1. The van der Waals surface area contributed by atoms with Gasteiger partial charge in [0, 0.05) is 12.7 Å². The maximum Gasteiger partial charge on any atom is 0.410 e. The molecule has 3 heterocycles. The van der Waals surface area contributed by atoms with Crippen molar-refractivity contribution in [2.24, 2.45) is 0 Å². The van der Waals surface area contributed by atoms with Gasteiger partial charge < -0.3 is 9.64 Å². The summed E-state index contributed by atoms with van der Waals surface area (Å²) in [7, 11) is 0. The van der Waals surface area contributed by atoms with E-state index in [-0.39, 0.29) is 18.0 Å². The summed E-state index contributed by atoms with van der Waals surface area (Å²) >= 11 is 0. The molecule has 0 N–H and O–H groups in total. The summed E-state index contributed by atoms with van der Waals surface area (Å²) in [5.41, 5.74) is 0.801. The van der Waals surface area contributed by atoms with Crippen LogP contribution in [0.4, 0.5) is 9.18 Å². The molecule has 7 heteroatoms. The summed E-state index contributed by atoms with van der Waals surface area (Å²) in [5, 5.41) is 4.45. The van der Waals surface area contributed by atoms with Crippen molar-refractivity contribution in [3.63, 3.8) is 0 Å². The second-order valence-electron chi connectivity index (χ2n) is 6.90. The van der Waals surface area contributed by atoms with Gasteiger partial charge in [0.2, 0.25) is 0 Å². The minimum Gasteiger partial charge on any atom is -0.444 e. The van der Waals surface area contributed by atoms with Crippen LogP contribution in [0.3, 0.4) is 0 Å². The molecule has 1 aliphatic heterocycles. The first kappa shape index (κ1) is 16.4. The van der Waals surface area contributed by atoms with Crippen LogP contribution < -0.4 is 0 Å². The molecule has 0 aliphatic carbocycles. The number of aromatic nitrogens is 3. The second-order valence-corrected chi connectivity index (χ2v) is 6.90. The lowest BCUT2D eigenvalue weighted by atomic mass is 10.0. The van der Waals surface area contributed by atoms with Crippen molar-refractivity contribution >= 4 is 6.09 Å². The molecule has 0 saturated carbocycles. The predicted octanol–water partition coefficient (Wildman–Crippen LogP) is 3.09. The number of hydrogen-bond acceptors (Lipinski definition) is 4. The van der Waals surface area contributed by atoms with Crippen molar-refractivity contribution < 1.29 is 13.9 Å². The number of amides is 1. The molecular weight excluding hydrogens is 311 g/mol. The summed E-state index contributed by atoms with van der Waals surface area (Å²) in [6, 6.07) is 4.86. The van der Waals surface area contributed by atoms with E-state index < -0.39 is 5.60 Å². The van der Waals surface area contributed by atoms with Gasteiger partial charge in [-0.3, -0.25) is 9.67 Å². The molecule has 0 bridgehead atoms. The van der Waals surface area contributed by atoms with Crippen LogP contribution in [0.1, 0.15) is 27.2 Å². The van der Waals surface area contributed by atoms with E-state index >= 15 is 0 Å². The summed E-state index contributed by atoms with van der Waals surface area (Å²) < 4.78 is 20.1. The molecule has 128 valence electrons. The smallest absolute Gasteiger partial charge is 0.410 e. The van der Waals surface area contributed by atoms with E-state index in [1.54, 1.807) is 15.6 Å². The molecule has 1 fully saturated rings. The average molecular weight is 332 g/mol. The second kappa shape index (κ2) is 6.22. The molecule has 0 aromatic carbocycles. The highest BCUT2D eigenvalue weighted by Crippen LogP contribution is 2.23. The maximum absolute atomic E-state index is 12.9. The SMILES string of the molecule is CC(C)(C)OC(=O)N1CC[C@H]1Cn1ccc(-c2ccc(F)cn2)n1. The first-order chi connectivity index (χ1) is 11.3. The van der Waals surface area contributed by atoms with Gasteiger partial charge in [0.05, 0.1) is 24.5 Å². The van der Waals surface area contributed by atoms with E-state index in [0.717, 1.165) is 6.42 Å². The quantitative estimate of drug-likeness (QED) is 0.866. The van der Waals surface area contributed by atoms with Gasteiger partial charge in [0.1, 0.15) is 17.1 Å². The molecule has 0 spiro atoms. The molecular formula is C17H21FN4O2. The van der Waals surface area contributed by atoms with Crippen molar-refractivity contribution in [2.75, 3.05) is 6.54 Å². The van der Waals surface area contributed by atoms with Crippen molar-refractivity contribution in [1.29, 1.82) is 0 Å². The minimum atomic E-state index is -0.496. The van der Waals surface area contributed by atoms with E-state index in [1.165, 1.54) is 12.3 Å². The Morgan fingerprint density at radius 2 is 2.12 bits per heavy atom. The van der Waals surface area contributed by atoms with Crippen molar-refractivity contribution in [3.05, 3.63) is 36.4 Å². The van der Waals surface area contributed by atoms with Gasteiger partial charge in [-0.05, 0) is 45.4 Å². The Bertz CT molecular complexity index is 721. The van der Waals surface area contributed by atoms with Crippen molar-refractivity contribution in [1.82, 2.24) is 19.7 Å². The molecule has 24 heavy (non-hydrogen) atoms. The van der Waals surface area contributed by atoms with Gasteiger partial charge in [-0.15, -0.1) is 0 Å². The molecule has 0 unspecified atom stereocenters. The average Bonchev–Trinajstić information content (AvgIpc) is 2.91. The third-order valence-electron chi connectivity index (χ3n) is 3.80. The van der Waals surface area contributed by atoms with Crippen LogP contribution in [0.5, 0.6) is 0 Å². The molecule has 3 rings (SSSR count). The Morgan fingerprint density at radius 1 is 1.33 bits per heavy atom. The molecule has 1 saturated heterocycles. The zero-order valence-electron chi connectivity index (χ0n) is 14.1. The Labute approximate surface area is 140 Å². The van der Waals surface area contributed by atoms with Gasteiger partial charge >= 0.3 is 6.09 Å². The Morgan fingerprint density at radius 3 is 2.71 bits per heavy atom. The molecule has 2 aromatic rings. The van der Waals surface area contributed by atoms with E-state index in [2.05, 4.69) is 10.1 Å². The largest absolute Gasteiger partial charge is 0.444 e. The van der Waals surface area contributed by atoms with E-state index in [9.17, 15) is 9.18 Å².